The zero-order valence-corrected chi connectivity index (χ0v) is 14.4. The zero-order chi connectivity index (χ0) is 13.5. The summed E-state index contributed by atoms with van der Waals surface area (Å²) in [4.78, 5) is 0. The van der Waals surface area contributed by atoms with E-state index in [1.165, 1.54) is 33.4 Å². The van der Waals surface area contributed by atoms with E-state index in [9.17, 15) is 0 Å². The lowest BCUT2D eigenvalue weighted by atomic mass is 9.88. The van der Waals surface area contributed by atoms with E-state index in [-0.39, 0.29) is 3.23 Å². The van der Waals surface area contributed by atoms with Gasteiger partial charge >= 0.3 is 0 Å². The molecule has 1 aromatic carbocycles. The van der Waals surface area contributed by atoms with Crippen LogP contribution in [0.4, 0.5) is 0 Å². The van der Waals surface area contributed by atoms with Gasteiger partial charge in [-0.15, -0.1) is 0 Å². The van der Waals surface area contributed by atoms with Gasteiger partial charge in [0.25, 0.3) is 0 Å². The molecule has 0 saturated heterocycles. The van der Waals surface area contributed by atoms with Crippen LogP contribution in [-0.2, 0) is 0 Å². The lowest BCUT2D eigenvalue weighted by Gasteiger charge is -2.24. The molecule has 0 heterocycles. The average molecular weight is 370 g/mol. The molecule has 0 spiro atoms. The van der Waals surface area contributed by atoms with Crippen LogP contribution in [0.5, 0.6) is 0 Å². The Morgan fingerprint density at radius 1 is 1.00 bits per heavy atom. The largest absolute Gasteiger partial charge is 0.103 e. The fraction of sp³-hybridized carbons (Fsp3) is 0.375. The number of halogens is 2. The van der Waals surface area contributed by atoms with Crippen LogP contribution in [0.3, 0.4) is 0 Å². The number of aryl methyl sites for hydroxylation is 1. The van der Waals surface area contributed by atoms with Gasteiger partial charge in [0.1, 0.15) is 3.23 Å². The van der Waals surface area contributed by atoms with Gasteiger partial charge in [-0.05, 0) is 61.1 Å². The zero-order valence-electron chi connectivity index (χ0n) is 11.3. The average Bonchev–Trinajstić information content (AvgIpc) is 2.30. The molecule has 0 bridgehead atoms. The van der Waals surface area contributed by atoms with Gasteiger partial charge in [0, 0.05) is 6.42 Å². The molecule has 0 radical (unpaired) electrons. The predicted octanol–water partition coefficient (Wildman–Crippen LogP) is 5.75. The van der Waals surface area contributed by atoms with Crippen molar-refractivity contribution in [1.82, 2.24) is 0 Å². The van der Waals surface area contributed by atoms with Crippen LogP contribution in [-0.4, -0.2) is 3.23 Å². The topological polar surface area (TPSA) is 0 Å². The lowest BCUT2D eigenvalue weighted by Crippen LogP contribution is -2.11. The first-order valence-electron chi connectivity index (χ1n) is 6.16. The summed E-state index contributed by atoms with van der Waals surface area (Å²) in [7, 11) is 0. The minimum absolute atomic E-state index is 0.0940. The number of hydrogen-bond acceptors (Lipinski definition) is 0. The fourth-order valence-electron chi connectivity index (χ4n) is 2.41. The van der Waals surface area contributed by atoms with E-state index in [2.05, 4.69) is 83.8 Å². The highest BCUT2D eigenvalue weighted by atomic mass is 79.9. The molecule has 2 rings (SSSR count). The van der Waals surface area contributed by atoms with Crippen LogP contribution in [0.25, 0.3) is 5.57 Å². The maximum absolute atomic E-state index is 3.70. The minimum atomic E-state index is -0.0940. The summed E-state index contributed by atoms with van der Waals surface area (Å²) in [5, 5.41) is 0. The molecule has 1 aliphatic rings. The molecule has 0 unspecified atom stereocenters. The number of rotatable bonds is 1. The first kappa shape index (κ1) is 14.1. The van der Waals surface area contributed by atoms with Gasteiger partial charge in [0.05, 0.1) is 0 Å². The lowest BCUT2D eigenvalue weighted by molar-refractivity contribution is 1.04. The maximum Gasteiger partial charge on any atom is 0.103 e. The molecule has 0 N–H and O–H groups in total. The van der Waals surface area contributed by atoms with E-state index >= 15 is 0 Å². The van der Waals surface area contributed by atoms with E-state index in [0.29, 0.717) is 0 Å². The first-order valence-corrected chi connectivity index (χ1v) is 7.74. The van der Waals surface area contributed by atoms with Crippen molar-refractivity contribution >= 4 is 37.4 Å². The SMILES string of the molecule is Cc1cc(C2=CC=CC(Br)(Br)C2)c(C)c(C)c1C. The van der Waals surface area contributed by atoms with Crippen LogP contribution in [0.2, 0.25) is 0 Å². The van der Waals surface area contributed by atoms with E-state index in [0.717, 1.165) is 6.42 Å². The smallest absolute Gasteiger partial charge is 0.0677 e. The molecule has 2 heteroatoms. The molecule has 0 fully saturated rings. The molecule has 18 heavy (non-hydrogen) atoms. The third kappa shape index (κ3) is 2.65. The third-order valence-electron chi connectivity index (χ3n) is 3.89. The first-order chi connectivity index (χ1) is 8.32. The van der Waals surface area contributed by atoms with Gasteiger partial charge in [-0.1, -0.05) is 56.2 Å². The molecule has 1 aliphatic carbocycles. The summed E-state index contributed by atoms with van der Waals surface area (Å²) in [6, 6.07) is 2.32. The van der Waals surface area contributed by atoms with Crippen molar-refractivity contribution in [2.45, 2.75) is 37.3 Å². The summed E-state index contributed by atoms with van der Waals surface area (Å²) in [6.07, 6.45) is 7.44. The Hall–Kier alpha value is -0.340. The van der Waals surface area contributed by atoms with E-state index in [1.54, 1.807) is 0 Å². The quantitative estimate of drug-likeness (QED) is 0.553. The normalized spacial score (nSPS) is 17.8. The second-order valence-corrected chi connectivity index (χ2v) is 9.00. The second kappa shape index (κ2) is 4.97. The minimum Gasteiger partial charge on any atom is -0.0677 e. The molecule has 0 amide bonds. The fourth-order valence-corrected chi connectivity index (χ4v) is 3.32. The van der Waals surface area contributed by atoms with E-state index in [1.807, 2.05) is 0 Å². The maximum atomic E-state index is 3.70. The van der Waals surface area contributed by atoms with Crippen LogP contribution in [0.1, 0.15) is 34.2 Å². The Morgan fingerprint density at radius 3 is 2.28 bits per heavy atom. The summed E-state index contributed by atoms with van der Waals surface area (Å²) in [5.74, 6) is 0. The number of alkyl halides is 2. The Morgan fingerprint density at radius 2 is 1.67 bits per heavy atom. The third-order valence-corrected chi connectivity index (χ3v) is 4.98. The van der Waals surface area contributed by atoms with Crippen molar-refractivity contribution in [2.24, 2.45) is 0 Å². The summed E-state index contributed by atoms with van der Waals surface area (Å²) in [6.45, 7) is 8.84. The van der Waals surface area contributed by atoms with Gasteiger partial charge in [0.15, 0.2) is 0 Å². The molecule has 0 atom stereocenters. The van der Waals surface area contributed by atoms with Gasteiger partial charge in [-0.3, -0.25) is 0 Å². The number of benzene rings is 1. The predicted molar refractivity (Wildman–Crippen MR) is 87.7 cm³/mol. The van der Waals surface area contributed by atoms with Crippen LogP contribution in [0, 0.1) is 27.7 Å². The molecule has 0 nitrogen and oxygen atoms in total. The molecule has 0 aromatic heterocycles. The van der Waals surface area contributed by atoms with Crippen molar-refractivity contribution in [2.75, 3.05) is 0 Å². The van der Waals surface area contributed by atoms with Crippen molar-refractivity contribution in [3.8, 4) is 0 Å². The van der Waals surface area contributed by atoms with Gasteiger partial charge in [0.2, 0.25) is 0 Å². The molecule has 96 valence electrons. The Labute approximate surface area is 126 Å². The molecule has 1 aromatic rings. The molecule has 0 aliphatic heterocycles. The van der Waals surface area contributed by atoms with Crippen LogP contribution < -0.4 is 0 Å². The summed E-state index contributed by atoms with van der Waals surface area (Å²) >= 11 is 7.39. The Bertz CT molecular complexity index is 549. The second-order valence-electron chi connectivity index (χ2n) is 5.10. The highest BCUT2D eigenvalue weighted by Gasteiger charge is 2.24. The Kier molecular flexibility index (Phi) is 3.89. The monoisotopic (exact) mass is 368 g/mol. The van der Waals surface area contributed by atoms with Gasteiger partial charge in [-0.25, -0.2) is 0 Å². The Balaban J connectivity index is 2.54. The molecular weight excluding hydrogens is 352 g/mol. The summed E-state index contributed by atoms with van der Waals surface area (Å²) in [5.41, 5.74) is 8.36. The van der Waals surface area contributed by atoms with E-state index < -0.39 is 0 Å². The van der Waals surface area contributed by atoms with Crippen molar-refractivity contribution in [3.63, 3.8) is 0 Å². The van der Waals surface area contributed by atoms with Gasteiger partial charge in [-0.2, -0.15) is 0 Å². The standard InChI is InChI=1S/C16H18Br2/c1-10-8-15(13(4)12(3)11(10)2)14-6-5-7-16(17,18)9-14/h5-8H,9H2,1-4H3. The van der Waals surface area contributed by atoms with Crippen molar-refractivity contribution in [1.29, 1.82) is 0 Å². The van der Waals surface area contributed by atoms with Crippen molar-refractivity contribution in [3.05, 3.63) is 52.1 Å². The van der Waals surface area contributed by atoms with Crippen LogP contribution >= 0.6 is 31.9 Å². The molecular formula is C16H18Br2. The van der Waals surface area contributed by atoms with Crippen molar-refractivity contribution < 1.29 is 0 Å². The van der Waals surface area contributed by atoms with Gasteiger partial charge < -0.3 is 0 Å². The number of hydrogen-bond donors (Lipinski definition) is 0. The van der Waals surface area contributed by atoms with Crippen LogP contribution in [0.15, 0.2) is 24.3 Å². The summed E-state index contributed by atoms with van der Waals surface area (Å²) < 4.78 is -0.0940. The highest BCUT2D eigenvalue weighted by molar-refractivity contribution is 9.25. The van der Waals surface area contributed by atoms with E-state index in [4.69, 9.17) is 0 Å². The number of allylic oxidation sites excluding steroid dienone is 4. The molecule has 0 saturated carbocycles. The highest BCUT2D eigenvalue weighted by Crippen LogP contribution is 2.42.